The van der Waals surface area contributed by atoms with Crippen LogP contribution in [0.4, 0.5) is 5.13 Å². The molecule has 0 N–H and O–H groups in total. The van der Waals surface area contributed by atoms with Gasteiger partial charge in [0.1, 0.15) is 6.61 Å². The Kier molecular flexibility index (Phi) is 6.99. The Hall–Kier alpha value is -2.29. The van der Waals surface area contributed by atoms with Crippen LogP contribution < -0.4 is 14.4 Å². The minimum atomic E-state index is -0.694. The number of para-hydroxylation sites is 2. The van der Waals surface area contributed by atoms with Crippen LogP contribution in [-0.4, -0.2) is 60.9 Å². The molecule has 0 aliphatic carbocycles. The zero-order chi connectivity index (χ0) is 21.8. The summed E-state index contributed by atoms with van der Waals surface area (Å²) in [5.41, 5.74) is 0.907. The van der Waals surface area contributed by atoms with E-state index in [-0.39, 0.29) is 12.5 Å². The summed E-state index contributed by atoms with van der Waals surface area (Å²) in [5.74, 6) is 1.15. The first-order valence-electron chi connectivity index (χ1n) is 10.5. The van der Waals surface area contributed by atoms with Crippen LogP contribution in [-0.2, 0) is 4.79 Å². The van der Waals surface area contributed by atoms with Crippen molar-refractivity contribution in [3.05, 3.63) is 42.5 Å². The number of nitrogens with zero attached hydrogens (tertiary/aromatic N) is 3. The summed E-state index contributed by atoms with van der Waals surface area (Å²) in [7, 11) is 0. The standard InChI is InChI=1S/C23H27N3O3S2/c1-4-25(5-2)12-13-26(23-24-17-11-10-16(30-3)14-21(17)31-23)22(27)20-15-28-18-8-6-7-9-19(18)29-20/h6-11,14,20H,4-5,12-13,15H2,1-3H3. The number of thioether (sulfide) groups is 1. The minimum Gasteiger partial charge on any atom is -0.485 e. The van der Waals surface area contributed by atoms with E-state index in [0.717, 1.165) is 29.9 Å². The van der Waals surface area contributed by atoms with Crippen molar-refractivity contribution >= 4 is 44.4 Å². The van der Waals surface area contributed by atoms with Crippen molar-refractivity contribution in [1.29, 1.82) is 0 Å². The van der Waals surface area contributed by atoms with Gasteiger partial charge in [-0.3, -0.25) is 9.69 Å². The molecule has 164 valence electrons. The monoisotopic (exact) mass is 457 g/mol. The maximum Gasteiger partial charge on any atom is 0.273 e. The predicted molar refractivity (Wildman–Crippen MR) is 128 cm³/mol. The molecule has 1 aliphatic heterocycles. The SMILES string of the molecule is CCN(CC)CCN(C(=O)C1COc2ccccc2O1)c1nc2ccc(SC)cc2s1. The molecule has 0 spiro atoms. The van der Waals surface area contributed by atoms with E-state index in [1.54, 1.807) is 28.0 Å². The molecule has 4 rings (SSSR count). The summed E-state index contributed by atoms with van der Waals surface area (Å²) in [4.78, 5) is 23.6. The number of hydrogen-bond acceptors (Lipinski definition) is 7. The van der Waals surface area contributed by atoms with Gasteiger partial charge in [-0.05, 0) is 49.7 Å². The van der Waals surface area contributed by atoms with Gasteiger partial charge in [0.2, 0.25) is 6.10 Å². The van der Waals surface area contributed by atoms with Gasteiger partial charge >= 0.3 is 0 Å². The van der Waals surface area contributed by atoms with Crippen molar-refractivity contribution in [2.24, 2.45) is 0 Å². The lowest BCUT2D eigenvalue weighted by molar-refractivity contribution is -0.127. The normalized spacial score (nSPS) is 15.4. The van der Waals surface area contributed by atoms with Gasteiger partial charge in [-0.15, -0.1) is 11.8 Å². The molecule has 2 heterocycles. The van der Waals surface area contributed by atoms with Crippen molar-refractivity contribution in [2.45, 2.75) is 24.8 Å². The molecule has 0 saturated carbocycles. The Bertz CT molecular complexity index is 1050. The third-order valence-corrected chi connectivity index (χ3v) is 7.17. The Morgan fingerprint density at radius 3 is 2.68 bits per heavy atom. The second kappa shape index (κ2) is 9.89. The second-order valence-electron chi connectivity index (χ2n) is 7.21. The lowest BCUT2D eigenvalue weighted by atomic mass is 10.2. The first kappa shape index (κ1) is 21.9. The highest BCUT2D eigenvalue weighted by Gasteiger charge is 2.33. The highest BCUT2D eigenvalue weighted by atomic mass is 32.2. The number of likely N-dealkylation sites (N-methyl/N-ethyl adjacent to an activating group) is 1. The maximum atomic E-state index is 13.6. The lowest BCUT2D eigenvalue weighted by Gasteiger charge is -2.30. The first-order valence-corrected chi connectivity index (χ1v) is 12.5. The molecule has 1 atom stereocenters. The van der Waals surface area contributed by atoms with E-state index >= 15 is 0 Å². The summed E-state index contributed by atoms with van der Waals surface area (Å²) in [6, 6.07) is 13.7. The quantitative estimate of drug-likeness (QED) is 0.463. The fourth-order valence-electron chi connectivity index (χ4n) is 3.53. The highest BCUT2D eigenvalue weighted by Crippen LogP contribution is 2.34. The molecule has 0 saturated heterocycles. The van der Waals surface area contributed by atoms with Crippen molar-refractivity contribution in [1.82, 2.24) is 9.88 Å². The Morgan fingerprint density at radius 2 is 1.94 bits per heavy atom. The van der Waals surface area contributed by atoms with Crippen LogP contribution in [0.25, 0.3) is 10.2 Å². The fourth-order valence-corrected chi connectivity index (χ4v) is 5.08. The number of ether oxygens (including phenoxy) is 2. The van der Waals surface area contributed by atoms with Gasteiger partial charge in [-0.2, -0.15) is 0 Å². The summed E-state index contributed by atoms with van der Waals surface area (Å²) >= 11 is 3.24. The number of thiazole rings is 1. The average molecular weight is 458 g/mol. The van der Waals surface area contributed by atoms with Crippen LogP contribution in [0.3, 0.4) is 0 Å². The summed E-state index contributed by atoms with van der Waals surface area (Å²) < 4.78 is 12.9. The van der Waals surface area contributed by atoms with Gasteiger partial charge in [-0.1, -0.05) is 37.3 Å². The zero-order valence-electron chi connectivity index (χ0n) is 18.0. The van der Waals surface area contributed by atoms with Gasteiger partial charge < -0.3 is 14.4 Å². The van der Waals surface area contributed by atoms with Crippen molar-refractivity contribution in [2.75, 3.05) is 43.9 Å². The number of carbonyl (C=O) groups is 1. The molecule has 8 heteroatoms. The number of benzene rings is 2. The van der Waals surface area contributed by atoms with Crippen LogP contribution >= 0.6 is 23.1 Å². The Morgan fingerprint density at radius 1 is 1.16 bits per heavy atom. The highest BCUT2D eigenvalue weighted by molar-refractivity contribution is 7.98. The topological polar surface area (TPSA) is 54.9 Å². The number of anilines is 1. The lowest BCUT2D eigenvalue weighted by Crippen LogP contribution is -2.48. The average Bonchev–Trinajstić information content (AvgIpc) is 3.24. The van der Waals surface area contributed by atoms with Crippen LogP contribution in [0.5, 0.6) is 11.5 Å². The number of aromatic nitrogens is 1. The molecule has 1 aliphatic rings. The van der Waals surface area contributed by atoms with E-state index in [2.05, 4.69) is 37.1 Å². The van der Waals surface area contributed by atoms with Crippen LogP contribution in [0.15, 0.2) is 47.4 Å². The number of fused-ring (bicyclic) bond motifs is 2. The minimum absolute atomic E-state index is 0.120. The third-order valence-electron chi connectivity index (χ3n) is 5.40. The number of hydrogen-bond donors (Lipinski definition) is 0. The molecule has 1 amide bonds. The number of amides is 1. The number of rotatable bonds is 8. The molecule has 6 nitrogen and oxygen atoms in total. The second-order valence-corrected chi connectivity index (χ2v) is 9.10. The van der Waals surface area contributed by atoms with Crippen molar-refractivity contribution in [3.63, 3.8) is 0 Å². The molecule has 2 aromatic carbocycles. The zero-order valence-corrected chi connectivity index (χ0v) is 19.7. The largest absolute Gasteiger partial charge is 0.485 e. The van der Waals surface area contributed by atoms with Crippen LogP contribution in [0, 0.1) is 0 Å². The Labute approximate surface area is 191 Å². The van der Waals surface area contributed by atoms with Gasteiger partial charge in [-0.25, -0.2) is 4.98 Å². The fraction of sp³-hybridized carbons (Fsp3) is 0.391. The van der Waals surface area contributed by atoms with E-state index < -0.39 is 6.10 Å². The molecule has 0 radical (unpaired) electrons. The van der Waals surface area contributed by atoms with Gasteiger partial charge in [0.15, 0.2) is 16.6 Å². The summed E-state index contributed by atoms with van der Waals surface area (Å²) in [5, 5.41) is 0.702. The van der Waals surface area contributed by atoms with Gasteiger partial charge in [0.25, 0.3) is 5.91 Å². The molecule has 1 aromatic heterocycles. The smallest absolute Gasteiger partial charge is 0.273 e. The predicted octanol–water partition coefficient (Wildman–Crippen LogP) is 4.53. The molecule has 1 unspecified atom stereocenters. The van der Waals surface area contributed by atoms with E-state index in [9.17, 15) is 4.79 Å². The van der Waals surface area contributed by atoms with Gasteiger partial charge in [0, 0.05) is 18.0 Å². The molecule has 0 fully saturated rings. The van der Waals surface area contributed by atoms with E-state index in [1.165, 1.54) is 4.90 Å². The van der Waals surface area contributed by atoms with Crippen LogP contribution in [0.1, 0.15) is 13.8 Å². The molecule has 31 heavy (non-hydrogen) atoms. The van der Waals surface area contributed by atoms with Gasteiger partial charge in [0.05, 0.1) is 10.2 Å². The number of carbonyl (C=O) groups excluding carboxylic acids is 1. The van der Waals surface area contributed by atoms with Crippen molar-refractivity contribution < 1.29 is 14.3 Å². The van der Waals surface area contributed by atoms with Crippen LogP contribution in [0.2, 0.25) is 0 Å². The molecular weight excluding hydrogens is 430 g/mol. The molecular formula is C23H27N3O3S2. The molecule has 3 aromatic rings. The van der Waals surface area contributed by atoms with E-state index in [4.69, 9.17) is 14.5 Å². The Balaban J connectivity index is 1.61. The first-order chi connectivity index (χ1) is 15.1. The third kappa shape index (κ3) is 4.81. The van der Waals surface area contributed by atoms with E-state index in [1.807, 2.05) is 30.3 Å². The van der Waals surface area contributed by atoms with E-state index in [0.29, 0.717) is 23.2 Å². The molecule has 0 bridgehead atoms. The maximum absolute atomic E-state index is 13.6. The summed E-state index contributed by atoms with van der Waals surface area (Å²) in [6.45, 7) is 7.65. The summed E-state index contributed by atoms with van der Waals surface area (Å²) in [6.07, 6.45) is 1.36. The van der Waals surface area contributed by atoms with Crippen molar-refractivity contribution in [3.8, 4) is 11.5 Å².